The molecule has 0 saturated carbocycles. The molecule has 2 rings (SSSR count). The molecule has 0 aliphatic heterocycles. The SMILES string of the molecule is Cc1cccc(C(=O)Nc2ccc([N+](=O)[O-])cc2Br)c1F. The molecule has 0 aromatic heterocycles. The Bertz CT molecular complexity index is 734. The van der Waals surface area contributed by atoms with Crippen LogP contribution in [0.3, 0.4) is 0 Å². The number of carbonyl (C=O) groups is 1. The first kappa shape index (κ1) is 15.1. The number of hydrogen-bond acceptors (Lipinski definition) is 3. The number of anilines is 1. The number of carbonyl (C=O) groups excluding carboxylic acids is 1. The molecule has 0 heterocycles. The molecule has 0 spiro atoms. The van der Waals surface area contributed by atoms with Crippen LogP contribution in [0.5, 0.6) is 0 Å². The average Bonchev–Trinajstić information content (AvgIpc) is 2.43. The lowest BCUT2D eigenvalue weighted by atomic mass is 10.1. The van der Waals surface area contributed by atoms with E-state index in [4.69, 9.17) is 0 Å². The van der Waals surface area contributed by atoms with Gasteiger partial charge < -0.3 is 5.32 Å². The Morgan fingerprint density at radius 3 is 2.67 bits per heavy atom. The maximum atomic E-state index is 13.9. The van der Waals surface area contributed by atoms with Crippen LogP contribution < -0.4 is 5.32 Å². The summed E-state index contributed by atoms with van der Waals surface area (Å²) < 4.78 is 14.2. The van der Waals surface area contributed by atoms with Gasteiger partial charge in [-0.3, -0.25) is 14.9 Å². The van der Waals surface area contributed by atoms with E-state index in [1.54, 1.807) is 19.1 Å². The number of nitro groups is 1. The molecule has 0 aliphatic rings. The molecule has 0 unspecified atom stereocenters. The summed E-state index contributed by atoms with van der Waals surface area (Å²) in [5.74, 6) is -1.21. The zero-order valence-electron chi connectivity index (χ0n) is 10.9. The molecular formula is C14H10BrFN2O3. The van der Waals surface area contributed by atoms with Crippen molar-refractivity contribution in [1.29, 1.82) is 0 Å². The van der Waals surface area contributed by atoms with E-state index in [9.17, 15) is 19.3 Å². The smallest absolute Gasteiger partial charge is 0.270 e. The predicted octanol–water partition coefficient (Wildman–Crippen LogP) is 4.06. The molecule has 0 bridgehead atoms. The molecule has 2 aromatic rings. The Balaban J connectivity index is 2.28. The van der Waals surface area contributed by atoms with Crippen molar-refractivity contribution >= 4 is 33.2 Å². The van der Waals surface area contributed by atoms with Crippen molar-refractivity contribution in [3.63, 3.8) is 0 Å². The standard InChI is InChI=1S/C14H10BrFN2O3/c1-8-3-2-4-10(13(8)16)14(19)17-12-6-5-9(18(20)21)7-11(12)15/h2-7H,1H3,(H,17,19). The van der Waals surface area contributed by atoms with E-state index >= 15 is 0 Å². The first-order valence-electron chi connectivity index (χ1n) is 5.90. The van der Waals surface area contributed by atoms with Gasteiger partial charge in [-0.1, -0.05) is 12.1 Å². The van der Waals surface area contributed by atoms with Crippen LogP contribution in [0.15, 0.2) is 40.9 Å². The third-order valence-electron chi connectivity index (χ3n) is 2.85. The van der Waals surface area contributed by atoms with Gasteiger partial charge in [0.25, 0.3) is 11.6 Å². The quantitative estimate of drug-likeness (QED) is 0.668. The molecule has 2 aromatic carbocycles. The highest BCUT2D eigenvalue weighted by Gasteiger charge is 2.16. The molecule has 0 radical (unpaired) electrons. The van der Waals surface area contributed by atoms with Crippen LogP contribution in [0.4, 0.5) is 15.8 Å². The molecular weight excluding hydrogens is 343 g/mol. The van der Waals surface area contributed by atoms with E-state index in [0.717, 1.165) is 0 Å². The summed E-state index contributed by atoms with van der Waals surface area (Å²) in [5.41, 5.74) is 0.499. The number of aryl methyl sites for hydroxylation is 1. The second kappa shape index (κ2) is 6.01. The van der Waals surface area contributed by atoms with Gasteiger partial charge in [-0.05, 0) is 40.5 Å². The Morgan fingerprint density at radius 1 is 1.33 bits per heavy atom. The van der Waals surface area contributed by atoms with E-state index in [1.807, 2.05) is 0 Å². The molecule has 7 heteroatoms. The largest absolute Gasteiger partial charge is 0.321 e. The summed E-state index contributed by atoms with van der Waals surface area (Å²) in [5, 5.41) is 13.2. The number of benzene rings is 2. The highest BCUT2D eigenvalue weighted by Crippen LogP contribution is 2.27. The maximum Gasteiger partial charge on any atom is 0.270 e. The number of halogens is 2. The fraction of sp³-hybridized carbons (Fsp3) is 0.0714. The van der Waals surface area contributed by atoms with Crippen molar-refractivity contribution < 1.29 is 14.1 Å². The summed E-state index contributed by atoms with van der Waals surface area (Å²) in [7, 11) is 0. The number of non-ortho nitro benzene ring substituents is 1. The Morgan fingerprint density at radius 2 is 2.05 bits per heavy atom. The summed E-state index contributed by atoms with van der Waals surface area (Å²) in [6.45, 7) is 1.56. The van der Waals surface area contributed by atoms with Gasteiger partial charge in [0.15, 0.2) is 0 Å². The van der Waals surface area contributed by atoms with Gasteiger partial charge >= 0.3 is 0 Å². The average molecular weight is 353 g/mol. The zero-order valence-corrected chi connectivity index (χ0v) is 12.5. The molecule has 0 fully saturated rings. The first-order chi connectivity index (χ1) is 9.90. The molecule has 5 nitrogen and oxygen atoms in total. The normalized spacial score (nSPS) is 10.2. The van der Waals surface area contributed by atoms with E-state index < -0.39 is 16.6 Å². The van der Waals surface area contributed by atoms with Gasteiger partial charge in [0.2, 0.25) is 0 Å². The molecule has 1 amide bonds. The number of nitrogens with zero attached hydrogens (tertiary/aromatic N) is 1. The fourth-order valence-corrected chi connectivity index (χ4v) is 2.20. The number of nitrogens with one attached hydrogen (secondary N) is 1. The maximum absolute atomic E-state index is 13.9. The Hall–Kier alpha value is -2.28. The van der Waals surface area contributed by atoms with Crippen LogP contribution in [-0.4, -0.2) is 10.8 Å². The summed E-state index contributed by atoms with van der Waals surface area (Å²) in [6.07, 6.45) is 0. The van der Waals surface area contributed by atoms with E-state index in [1.165, 1.54) is 24.3 Å². The fourth-order valence-electron chi connectivity index (χ4n) is 1.73. The summed E-state index contributed by atoms with van der Waals surface area (Å²) in [6, 6.07) is 8.42. The highest BCUT2D eigenvalue weighted by molar-refractivity contribution is 9.10. The topological polar surface area (TPSA) is 72.2 Å². The van der Waals surface area contributed by atoms with Crippen LogP contribution in [0, 0.1) is 22.9 Å². The Labute approximate surface area is 128 Å². The lowest BCUT2D eigenvalue weighted by molar-refractivity contribution is -0.384. The number of hydrogen-bond donors (Lipinski definition) is 1. The summed E-state index contributed by atoms with van der Waals surface area (Å²) in [4.78, 5) is 22.1. The highest BCUT2D eigenvalue weighted by atomic mass is 79.9. The number of rotatable bonds is 3. The minimum atomic E-state index is -0.620. The van der Waals surface area contributed by atoms with Gasteiger partial charge in [-0.15, -0.1) is 0 Å². The molecule has 0 aliphatic carbocycles. The lowest BCUT2D eigenvalue weighted by Crippen LogP contribution is -2.14. The van der Waals surface area contributed by atoms with Crippen molar-refractivity contribution in [2.75, 3.05) is 5.32 Å². The first-order valence-corrected chi connectivity index (χ1v) is 6.70. The second-order valence-electron chi connectivity index (χ2n) is 4.31. The third kappa shape index (κ3) is 3.25. The van der Waals surface area contributed by atoms with Gasteiger partial charge in [0.1, 0.15) is 5.82 Å². The lowest BCUT2D eigenvalue weighted by Gasteiger charge is -2.09. The molecule has 108 valence electrons. The number of amides is 1. The van der Waals surface area contributed by atoms with E-state index in [-0.39, 0.29) is 11.3 Å². The minimum absolute atomic E-state index is 0.0831. The van der Waals surface area contributed by atoms with Crippen LogP contribution in [0.1, 0.15) is 15.9 Å². The molecule has 21 heavy (non-hydrogen) atoms. The number of nitro benzene ring substituents is 1. The van der Waals surface area contributed by atoms with Crippen molar-refractivity contribution in [2.45, 2.75) is 6.92 Å². The van der Waals surface area contributed by atoms with Crippen molar-refractivity contribution in [2.24, 2.45) is 0 Å². The van der Waals surface area contributed by atoms with Crippen LogP contribution in [-0.2, 0) is 0 Å². The third-order valence-corrected chi connectivity index (χ3v) is 3.50. The van der Waals surface area contributed by atoms with Gasteiger partial charge in [0.05, 0.1) is 16.2 Å². The van der Waals surface area contributed by atoms with E-state index in [2.05, 4.69) is 21.2 Å². The predicted molar refractivity (Wildman–Crippen MR) is 79.9 cm³/mol. The molecule has 0 saturated heterocycles. The minimum Gasteiger partial charge on any atom is -0.321 e. The Kier molecular flexibility index (Phi) is 4.32. The van der Waals surface area contributed by atoms with Gasteiger partial charge in [0, 0.05) is 16.6 Å². The van der Waals surface area contributed by atoms with Crippen LogP contribution >= 0.6 is 15.9 Å². The second-order valence-corrected chi connectivity index (χ2v) is 5.17. The van der Waals surface area contributed by atoms with Crippen molar-refractivity contribution in [3.05, 3.63) is 67.9 Å². The van der Waals surface area contributed by atoms with Gasteiger partial charge in [-0.2, -0.15) is 0 Å². The zero-order chi connectivity index (χ0) is 15.6. The molecule has 1 N–H and O–H groups in total. The molecule has 0 atom stereocenters. The summed E-state index contributed by atoms with van der Waals surface area (Å²) >= 11 is 3.14. The van der Waals surface area contributed by atoms with Gasteiger partial charge in [-0.25, -0.2) is 4.39 Å². The van der Waals surface area contributed by atoms with Crippen LogP contribution in [0.25, 0.3) is 0 Å². The van der Waals surface area contributed by atoms with Crippen LogP contribution in [0.2, 0.25) is 0 Å². The monoisotopic (exact) mass is 352 g/mol. The van der Waals surface area contributed by atoms with Crippen molar-refractivity contribution in [1.82, 2.24) is 0 Å². The van der Waals surface area contributed by atoms with Crippen molar-refractivity contribution in [3.8, 4) is 0 Å². The van der Waals surface area contributed by atoms with E-state index in [0.29, 0.717) is 15.7 Å².